The minimum atomic E-state index is 0.803. The highest BCUT2D eigenvalue weighted by atomic mass is 31.0. The minimum absolute atomic E-state index is 0.803. The van der Waals surface area contributed by atoms with E-state index in [9.17, 15) is 0 Å². The average Bonchev–Trinajstić information content (AvgIpc) is 2.05. The first-order valence-corrected chi connectivity index (χ1v) is 5.32. The molecule has 1 saturated carbocycles. The maximum absolute atomic E-state index is 3.87. The highest BCUT2D eigenvalue weighted by Crippen LogP contribution is 2.35. The summed E-state index contributed by atoms with van der Waals surface area (Å²) in [6.07, 6.45) is 7.57. The van der Waals surface area contributed by atoms with Crippen molar-refractivity contribution >= 4 is 9.24 Å². The van der Waals surface area contributed by atoms with Gasteiger partial charge in [-0.15, -0.1) is 15.8 Å². The van der Waals surface area contributed by atoms with Crippen LogP contribution in [0.4, 0.5) is 0 Å². The summed E-state index contributed by atoms with van der Waals surface area (Å²) in [6, 6.07) is 0. The van der Waals surface area contributed by atoms with Crippen LogP contribution in [0.2, 0.25) is 0 Å². The van der Waals surface area contributed by atoms with Gasteiger partial charge in [0.25, 0.3) is 0 Å². The van der Waals surface area contributed by atoms with Crippen molar-refractivity contribution in [1.29, 1.82) is 0 Å². The first-order chi connectivity index (χ1) is 5.27. The maximum atomic E-state index is 3.87. The number of rotatable bonds is 2. The Kier molecular flexibility index (Phi) is 3.59. The third-order valence-corrected chi connectivity index (χ3v) is 3.82. The summed E-state index contributed by atoms with van der Waals surface area (Å²) in [7, 11) is 2.99. The summed E-state index contributed by atoms with van der Waals surface area (Å²) in [5.74, 6) is 1.73. The van der Waals surface area contributed by atoms with Crippen LogP contribution in [0, 0.1) is 11.8 Å². The molecular weight excluding hydrogens is 151 g/mol. The van der Waals surface area contributed by atoms with Crippen LogP contribution < -0.4 is 0 Å². The molecule has 0 spiro atoms. The lowest BCUT2D eigenvalue weighted by atomic mass is 9.80. The van der Waals surface area contributed by atoms with E-state index >= 15 is 0 Å². The van der Waals surface area contributed by atoms with E-state index in [1.807, 2.05) is 0 Å². The fraction of sp³-hybridized carbons (Fsp3) is 0.800. The van der Waals surface area contributed by atoms with Gasteiger partial charge >= 0.3 is 0 Å². The lowest BCUT2D eigenvalue weighted by Crippen LogP contribution is -2.23. The molecule has 1 fully saturated rings. The molecule has 64 valence electrons. The molecule has 1 aliphatic rings. The first kappa shape index (κ1) is 9.26. The topological polar surface area (TPSA) is 0 Å². The zero-order valence-corrected chi connectivity index (χ0v) is 8.58. The van der Waals surface area contributed by atoms with Gasteiger partial charge in [0.1, 0.15) is 0 Å². The van der Waals surface area contributed by atoms with Crippen LogP contribution in [0.1, 0.15) is 32.6 Å². The van der Waals surface area contributed by atoms with Crippen LogP contribution in [0.25, 0.3) is 0 Å². The summed E-state index contributed by atoms with van der Waals surface area (Å²) >= 11 is 0. The predicted molar refractivity (Wildman–Crippen MR) is 54.8 cm³/mol. The van der Waals surface area contributed by atoms with E-state index in [1.165, 1.54) is 25.7 Å². The smallest absolute Gasteiger partial charge is 0.0233 e. The molecule has 0 aromatic rings. The number of hydrogen-bond donors (Lipinski definition) is 0. The molecule has 0 nitrogen and oxygen atoms in total. The van der Waals surface area contributed by atoms with Crippen molar-refractivity contribution in [2.75, 3.05) is 0 Å². The van der Waals surface area contributed by atoms with Crippen molar-refractivity contribution in [1.82, 2.24) is 0 Å². The van der Waals surface area contributed by atoms with Gasteiger partial charge in [0, 0.05) is 0 Å². The van der Waals surface area contributed by atoms with E-state index in [-0.39, 0.29) is 0 Å². The van der Waals surface area contributed by atoms with Gasteiger partial charge in [0.05, 0.1) is 0 Å². The Bertz CT molecular complexity index is 131. The first-order valence-electron chi connectivity index (χ1n) is 4.66. The van der Waals surface area contributed by atoms with Crippen LogP contribution in [-0.2, 0) is 0 Å². The molecule has 0 aromatic heterocycles. The molecule has 0 aliphatic heterocycles. The SMILES string of the molecule is C=CC1CCC(P)C(CC)C1. The standard InChI is InChI=1S/C10H19P/c1-3-8-5-6-10(11)9(4-2)7-8/h3,8-10H,1,4-7,11H2,2H3. The van der Waals surface area contributed by atoms with Crippen LogP contribution in [-0.4, -0.2) is 5.66 Å². The average molecular weight is 170 g/mol. The molecule has 0 aromatic carbocycles. The van der Waals surface area contributed by atoms with Crippen molar-refractivity contribution in [3.63, 3.8) is 0 Å². The molecule has 1 rings (SSSR count). The summed E-state index contributed by atoms with van der Waals surface area (Å²) in [5, 5.41) is 0. The summed E-state index contributed by atoms with van der Waals surface area (Å²) in [5.41, 5.74) is 0.871. The third kappa shape index (κ3) is 2.30. The second-order valence-corrected chi connectivity index (χ2v) is 4.50. The largest absolute Gasteiger partial charge is 0.134 e. The molecule has 11 heavy (non-hydrogen) atoms. The van der Waals surface area contributed by atoms with Gasteiger partial charge in [-0.25, -0.2) is 0 Å². The highest BCUT2D eigenvalue weighted by Gasteiger charge is 2.24. The van der Waals surface area contributed by atoms with Crippen molar-refractivity contribution in [3.8, 4) is 0 Å². The van der Waals surface area contributed by atoms with E-state index in [0.29, 0.717) is 0 Å². The van der Waals surface area contributed by atoms with Gasteiger partial charge in [0.2, 0.25) is 0 Å². The molecule has 1 aliphatic carbocycles. The van der Waals surface area contributed by atoms with Gasteiger partial charge in [-0.05, 0) is 36.8 Å². The fourth-order valence-corrected chi connectivity index (χ4v) is 2.63. The molecule has 0 N–H and O–H groups in total. The maximum Gasteiger partial charge on any atom is -0.0233 e. The van der Waals surface area contributed by atoms with Gasteiger partial charge in [-0.2, -0.15) is 0 Å². The number of hydrogen-bond acceptors (Lipinski definition) is 0. The molecule has 0 heterocycles. The lowest BCUT2D eigenvalue weighted by molar-refractivity contribution is 0.308. The molecule has 4 atom stereocenters. The van der Waals surface area contributed by atoms with Gasteiger partial charge in [0.15, 0.2) is 0 Å². The fourth-order valence-electron chi connectivity index (χ4n) is 2.01. The Labute approximate surface area is 72.7 Å². The molecule has 1 heteroatoms. The summed E-state index contributed by atoms with van der Waals surface area (Å²) < 4.78 is 0. The number of allylic oxidation sites excluding steroid dienone is 1. The van der Waals surface area contributed by atoms with Crippen LogP contribution in [0.5, 0.6) is 0 Å². The Morgan fingerprint density at radius 3 is 2.82 bits per heavy atom. The van der Waals surface area contributed by atoms with Crippen LogP contribution in [0.15, 0.2) is 12.7 Å². The van der Waals surface area contributed by atoms with Crippen molar-refractivity contribution in [2.45, 2.75) is 38.3 Å². The molecule has 0 bridgehead atoms. The highest BCUT2D eigenvalue weighted by molar-refractivity contribution is 7.17. The summed E-state index contributed by atoms with van der Waals surface area (Å²) in [4.78, 5) is 0. The Morgan fingerprint density at radius 1 is 1.55 bits per heavy atom. The zero-order valence-electron chi connectivity index (χ0n) is 7.42. The Hall–Kier alpha value is 0.170. The summed E-state index contributed by atoms with van der Waals surface area (Å²) in [6.45, 7) is 6.17. The van der Waals surface area contributed by atoms with Crippen molar-refractivity contribution in [2.24, 2.45) is 11.8 Å². The monoisotopic (exact) mass is 170 g/mol. The zero-order chi connectivity index (χ0) is 8.27. The van der Waals surface area contributed by atoms with E-state index in [0.717, 1.165) is 17.5 Å². The molecular formula is C10H19P. The van der Waals surface area contributed by atoms with E-state index < -0.39 is 0 Å². The normalized spacial score (nSPS) is 38.5. The second kappa shape index (κ2) is 4.26. The second-order valence-electron chi connectivity index (χ2n) is 3.64. The minimum Gasteiger partial charge on any atom is -0.134 e. The molecule has 0 amide bonds. The van der Waals surface area contributed by atoms with E-state index in [2.05, 4.69) is 28.8 Å². The van der Waals surface area contributed by atoms with Gasteiger partial charge in [-0.1, -0.05) is 19.4 Å². The van der Waals surface area contributed by atoms with Gasteiger partial charge < -0.3 is 0 Å². The Morgan fingerprint density at radius 2 is 2.27 bits per heavy atom. The quantitative estimate of drug-likeness (QED) is 0.441. The van der Waals surface area contributed by atoms with Gasteiger partial charge in [-0.3, -0.25) is 0 Å². The van der Waals surface area contributed by atoms with Crippen molar-refractivity contribution in [3.05, 3.63) is 12.7 Å². The molecule has 0 saturated heterocycles. The molecule has 0 radical (unpaired) electrons. The third-order valence-electron chi connectivity index (χ3n) is 2.94. The van der Waals surface area contributed by atoms with E-state index in [4.69, 9.17) is 0 Å². The van der Waals surface area contributed by atoms with Crippen LogP contribution >= 0.6 is 9.24 Å². The molecule has 4 unspecified atom stereocenters. The van der Waals surface area contributed by atoms with Crippen LogP contribution in [0.3, 0.4) is 0 Å². The predicted octanol–water partition coefficient (Wildman–Crippen LogP) is 3.24. The van der Waals surface area contributed by atoms with E-state index in [1.54, 1.807) is 0 Å². The Balaban J connectivity index is 2.43. The lowest BCUT2D eigenvalue weighted by Gasteiger charge is -2.32. The van der Waals surface area contributed by atoms with Crippen molar-refractivity contribution < 1.29 is 0 Å².